The summed E-state index contributed by atoms with van der Waals surface area (Å²) in [5, 5.41) is 6.95. The third-order valence-corrected chi connectivity index (χ3v) is 4.41. The summed E-state index contributed by atoms with van der Waals surface area (Å²) in [6.45, 7) is 3.00. The number of thiophene rings is 1. The van der Waals surface area contributed by atoms with Gasteiger partial charge in [0.2, 0.25) is 11.7 Å². The zero-order valence-corrected chi connectivity index (χ0v) is 11.9. The van der Waals surface area contributed by atoms with Gasteiger partial charge in [-0.1, -0.05) is 23.0 Å². The van der Waals surface area contributed by atoms with E-state index in [0.717, 1.165) is 16.6 Å². The molecule has 0 bridgehead atoms. The molecule has 0 saturated heterocycles. The van der Waals surface area contributed by atoms with Crippen molar-refractivity contribution in [1.82, 2.24) is 19.7 Å². The Bertz CT molecular complexity index is 644. The van der Waals surface area contributed by atoms with Crippen LogP contribution in [0.2, 0.25) is 0 Å². The highest BCUT2D eigenvalue weighted by atomic mass is 32.2. The van der Waals surface area contributed by atoms with Gasteiger partial charge in [-0.3, -0.25) is 0 Å². The van der Waals surface area contributed by atoms with Crippen molar-refractivity contribution in [2.45, 2.75) is 24.4 Å². The summed E-state index contributed by atoms with van der Waals surface area (Å²) in [4.78, 5) is 9.70. The van der Waals surface area contributed by atoms with E-state index >= 15 is 0 Å². The van der Waals surface area contributed by atoms with Gasteiger partial charge in [0.05, 0.1) is 10.6 Å². The van der Waals surface area contributed by atoms with Gasteiger partial charge < -0.3 is 9.09 Å². The molecule has 0 saturated carbocycles. The molecule has 0 spiro atoms. The summed E-state index contributed by atoms with van der Waals surface area (Å²) >= 11 is 3.20. The molecule has 98 valence electrons. The molecular formula is C12H12N4OS2. The average molecular weight is 292 g/mol. The summed E-state index contributed by atoms with van der Waals surface area (Å²) in [6.07, 6.45) is 3.77. The molecule has 0 atom stereocenters. The fourth-order valence-corrected chi connectivity index (χ4v) is 3.13. The molecule has 3 aromatic rings. The van der Waals surface area contributed by atoms with Crippen LogP contribution in [0.5, 0.6) is 0 Å². The Morgan fingerprint density at radius 2 is 2.42 bits per heavy atom. The Morgan fingerprint density at radius 1 is 1.47 bits per heavy atom. The minimum Gasteiger partial charge on any atom is -0.338 e. The maximum Gasteiger partial charge on any atom is 0.237 e. The SMILES string of the molecule is CCn1ccnc1SCc1nc(-c2cccs2)no1. The molecule has 3 aromatic heterocycles. The predicted molar refractivity (Wildman–Crippen MR) is 75.1 cm³/mol. The Balaban J connectivity index is 1.68. The van der Waals surface area contributed by atoms with Crippen molar-refractivity contribution in [3.63, 3.8) is 0 Å². The second kappa shape index (κ2) is 5.58. The molecule has 0 amide bonds. The lowest BCUT2D eigenvalue weighted by molar-refractivity contribution is 0.391. The molecule has 0 unspecified atom stereocenters. The Morgan fingerprint density at radius 3 is 3.21 bits per heavy atom. The van der Waals surface area contributed by atoms with E-state index in [9.17, 15) is 0 Å². The molecule has 5 nitrogen and oxygen atoms in total. The van der Waals surface area contributed by atoms with Gasteiger partial charge in [-0.15, -0.1) is 11.3 Å². The summed E-state index contributed by atoms with van der Waals surface area (Å²) < 4.78 is 7.33. The van der Waals surface area contributed by atoms with Crippen molar-refractivity contribution in [3.05, 3.63) is 35.8 Å². The fourth-order valence-electron chi connectivity index (χ4n) is 1.62. The Hall–Kier alpha value is -1.60. The first kappa shape index (κ1) is 12.4. The molecule has 3 heterocycles. The van der Waals surface area contributed by atoms with E-state index in [1.54, 1.807) is 29.3 Å². The van der Waals surface area contributed by atoms with Crippen LogP contribution in [0.4, 0.5) is 0 Å². The Kier molecular flexibility index (Phi) is 3.65. The van der Waals surface area contributed by atoms with Gasteiger partial charge >= 0.3 is 0 Å². The minimum atomic E-state index is 0.624. The number of thioether (sulfide) groups is 1. The van der Waals surface area contributed by atoms with Crippen molar-refractivity contribution in [1.29, 1.82) is 0 Å². The van der Waals surface area contributed by atoms with E-state index in [2.05, 4.69) is 26.6 Å². The van der Waals surface area contributed by atoms with E-state index in [0.29, 0.717) is 17.5 Å². The van der Waals surface area contributed by atoms with Crippen LogP contribution >= 0.6 is 23.1 Å². The lowest BCUT2D eigenvalue weighted by atomic mass is 10.4. The van der Waals surface area contributed by atoms with Gasteiger partial charge in [0.1, 0.15) is 0 Å². The highest BCUT2D eigenvalue weighted by molar-refractivity contribution is 7.98. The van der Waals surface area contributed by atoms with E-state index in [1.807, 2.05) is 23.7 Å². The normalized spacial score (nSPS) is 11.0. The van der Waals surface area contributed by atoms with Crippen LogP contribution in [-0.2, 0) is 12.3 Å². The molecule has 0 N–H and O–H groups in total. The molecule has 0 aliphatic rings. The van der Waals surface area contributed by atoms with Crippen LogP contribution in [0.25, 0.3) is 10.7 Å². The predicted octanol–water partition coefficient (Wildman–Crippen LogP) is 3.31. The summed E-state index contributed by atoms with van der Waals surface area (Å²) in [5.74, 6) is 1.92. The summed E-state index contributed by atoms with van der Waals surface area (Å²) in [6, 6.07) is 3.96. The lowest BCUT2D eigenvalue weighted by Crippen LogP contribution is -1.94. The van der Waals surface area contributed by atoms with Crippen LogP contribution in [0.1, 0.15) is 12.8 Å². The zero-order valence-electron chi connectivity index (χ0n) is 10.3. The van der Waals surface area contributed by atoms with Gasteiger partial charge in [-0.25, -0.2) is 4.98 Å². The molecule has 0 aliphatic carbocycles. The molecule has 19 heavy (non-hydrogen) atoms. The largest absolute Gasteiger partial charge is 0.338 e. The second-order valence-corrected chi connectivity index (χ2v) is 5.66. The molecule has 7 heteroatoms. The molecular weight excluding hydrogens is 280 g/mol. The molecule has 0 aliphatic heterocycles. The summed E-state index contributed by atoms with van der Waals surface area (Å²) in [5.41, 5.74) is 0. The number of aryl methyl sites for hydroxylation is 1. The van der Waals surface area contributed by atoms with Gasteiger partial charge in [-0.2, -0.15) is 4.98 Å². The maximum absolute atomic E-state index is 5.25. The molecule has 0 fully saturated rings. The smallest absolute Gasteiger partial charge is 0.237 e. The fraction of sp³-hybridized carbons (Fsp3) is 0.250. The van der Waals surface area contributed by atoms with Gasteiger partial charge in [0.15, 0.2) is 5.16 Å². The van der Waals surface area contributed by atoms with Crippen molar-refractivity contribution in [2.24, 2.45) is 0 Å². The number of hydrogen-bond donors (Lipinski definition) is 0. The highest BCUT2D eigenvalue weighted by Gasteiger charge is 2.11. The number of rotatable bonds is 5. The first-order valence-electron chi connectivity index (χ1n) is 5.87. The third-order valence-electron chi connectivity index (χ3n) is 2.55. The van der Waals surface area contributed by atoms with Crippen LogP contribution in [0.3, 0.4) is 0 Å². The molecule has 0 aromatic carbocycles. The monoisotopic (exact) mass is 292 g/mol. The first-order chi connectivity index (χ1) is 9.36. The Labute approximate surface area is 118 Å². The van der Waals surface area contributed by atoms with Crippen molar-refractivity contribution in [2.75, 3.05) is 0 Å². The van der Waals surface area contributed by atoms with Crippen LogP contribution in [0.15, 0.2) is 39.6 Å². The maximum atomic E-state index is 5.25. The topological polar surface area (TPSA) is 56.7 Å². The van der Waals surface area contributed by atoms with Crippen molar-refractivity contribution < 1.29 is 4.52 Å². The van der Waals surface area contributed by atoms with E-state index in [4.69, 9.17) is 4.52 Å². The number of hydrogen-bond acceptors (Lipinski definition) is 6. The third kappa shape index (κ3) is 2.71. The average Bonchev–Trinajstić information content (AvgIpc) is 3.16. The molecule has 3 rings (SSSR count). The highest BCUT2D eigenvalue weighted by Crippen LogP contribution is 2.24. The van der Waals surface area contributed by atoms with E-state index in [1.165, 1.54) is 0 Å². The van der Waals surface area contributed by atoms with E-state index < -0.39 is 0 Å². The van der Waals surface area contributed by atoms with Crippen molar-refractivity contribution >= 4 is 23.1 Å². The quantitative estimate of drug-likeness (QED) is 0.675. The number of nitrogens with zero attached hydrogens (tertiary/aromatic N) is 4. The zero-order chi connectivity index (χ0) is 13.1. The van der Waals surface area contributed by atoms with Crippen LogP contribution < -0.4 is 0 Å². The van der Waals surface area contributed by atoms with Crippen LogP contribution in [-0.4, -0.2) is 19.7 Å². The van der Waals surface area contributed by atoms with Gasteiger partial charge in [0, 0.05) is 18.9 Å². The molecule has 0 radical (unpaired) electrons. The number of aromatic nitrogens is 4. The summed E-state index contributed by atoms with van der Waals surface area (Å²) in [7, 11) is 0. The lowest BCUT2D eigenvalue weighted by Gasteiger charge is -2.01. The number of imidazole rings is 1. The standard InChI is InChI=1S/C12H12N4OS2/c1-2-16-6-5-13-12(16)19-8-10-14-11(15-17-10)9-4-3-7-18-9/h3-7H,2,8H2,1H3. The minimum absolute atomic E-state index is 0.624. The van der Waals surface area contributed by atoms with Crippen LogP contribution in [0, 0.1) is 0 Å². The van der Waals surface area contributed by atoms with Gasteiger partial charge in [0.25, 0.3) is 0 Å². The second-order valence-electron chi connectivity index (χ2n) is 3.77. The van der Waals surface area contributed by atoms with Gasteiger partial charge in [-0.05, 0) is 18.4 Å². The first-order valence-corrected chi connectivity index (χ1v) is 7.73. The van der Waals surface area contributed by atoms with Crippen molar-refractivity contribution in [3.8, 4) is 10.7 Å². The van der Waals surface area contributed by atoms with E-state index in [-0.39, 0.29) is 0 Å².